The van der Waals surface area contributed by atoms with Crippen LogP contribution in [0.25, 0.3) is 0 Å². The Balaban J connectivity index is 3.11. The van der Waals surface area contributed by atoms with Crippen molar-refractivity contribution < 1.29 is 4.92 Å². The maximum Gasteiger partial charge on any atom is 0.269 e. The third kappa shape index (κ3) is 2.23. The highest BCUT2D eigenvalue weighted by molar-refractivity contribution is 5.36. The molecule has 1 rings (SSSR count). The first kappa shape index (κ1) is 12.7. The van der Waals surface area contributed by atoms with Crippen molar-refractivity contribution in [3.63, 3.8) is 0 Å². The van der Waals surface area contributed by atoms with Gasteiger partial charge in [0, 0.05) is 12.1 Å². The Bertz CT molecular complexity index is 385. The van der Waals surface area contributed by atoms with E-state index in [2.05, 4.69) is 34.6 Å². The molecule has 3 nitrogen and oxygen atoms in total. The molecule has 0 atom stereocenters. The van der Waals surface area contributed by atoms with Crippen molar-refractivity contribution in [3.8, 4) is 0 Å². The molecule has 1 aromatic carbocycles. The molecule has 0 aliphatic heterocycles. The minimum absolute atomic E-state index is 0.0118. The number of non-ortho nitro benzene ring substituents is 1. The molecule has 0 aliphatic rings. The van der Waals surface area contributed by atoms with E-state index in [4.69, 9.17) is 0 Å². The van der Waals surface area contributed by atoms with E-state index in [1.165, 1.54) is 0 Å². The molecule has 0 fully saturated rings. The van der Waals surface area contributed by atoms with E-state index in [0.29, 0.717) is 0 Å². The van der Waals surface area contributed by atoms with Crippen LogP contribution in [0.3, 0.4) is 0 Å². The van der Waals surface area contributed by atoms with Gasteiger partial charge in [-0.25, -0.2) is 0 Å². The van der Waals surface area contributed by atoms with Crippen LogP contribution in [0, 0.1) is 15.5 Å². The number of nitro benzene ring substituents is 1. The van der Waals surface area contributed by atoms with Gasteiger partial charge in [-0.3, -0.25) is 10.1 Å². The molecule has 0 spiro atoms. The average Bonchev–Trinajstić information content (AvgIpc) is 2.16. The number of rotatable bonds is 2. The van der Waals surface area contributed by atoms with Gasteiger partial charge in [-0.1, -0.05) is 46.8 Å². The number of nitrogens with zero attached hydrogens (tertiary/aromatic N) is 1. The van der Waals surface area contributed by atoms with Gasteiger partial charge in [-0.15, -0.1) is 0 Å². The molecule has 1 aromatic rings. The highest BCUT2D eigenvalue weighted by Crippen LogP contribution is 2.40. The van der Waals surface area contributed by atoms with E-state index < -0.39 is 0 Å². The van der Waals surface area contributed by atoms with E-state index >= 15 is 0 Å². The van der Waals surface area contributed by atoms with Crippen molar-refractivity contribution in [3.05, 3.63) is 39.9 Å². The highest BCUT2D eigenvalue weighted by atomic mass is 16.6. The minimum Gasteiger partial charge on any atom is -0.258 e. The van der Waals surface area contributed by atoms with Gasteiger partial charge >= 0.3 is 0 Å². The van der Waals surface area contributed by atoms with E-state index in [1.54, 1.807) is 12.1 Å². The molecular weight excluding hydrogens is 202 g/mol. The summed E-state index contributed by atoms with van der Waals surface area (Å²) in [5, 5.41) is 10.6. The molecule has 0 saturated heterocycles. The molecule has 0 unspecified atom stereocenters. The standard InChI is InChI=1S/C13H19NO2/c1-12(2,3)13(4,5)10-6-8-11(9-7-10)14(15)16/h6-9H,1-5H3. The number of hydrogen-bond donors (Lipinski definition) is 0. The third-order valence-electron chi connectivity index (χ3n) is 3.67. The van der Waals surface area contributed by atoms with Crippen LogP contribution in [0.15, 0.2) is 24.3 Å². The van der Waals surface area contributed by atoms with Crippen molar-refractivity contribution >= 4 is 5.69 Å². The van der Waals surface area contributed by atoms with E-state index in [9.17, 15) is 10.1 Å². The second kappa shape index (κ2) is 3.89. The Labute approximate surface area is 96.6 Å². The molecule has 0 radical (unpaired) electrons. The average molecular weight is 221 g/mol. The van der Waals surface area contributed by atoms with Crippen LogP contribution in [-0.4, -0.2) is 4.92 Å². The molecule has 0 aromatic heterocycles. The first-order chi connectivity index (χ1) is 7.16. The molecule has 0 heterocycles. The lowest BCUT2D eigenvalue weighted by Gasteiger charge is -2.39. The van der Waals surface area contributed by atoms with Crippen LogP contribution < -0.4 is 0 Å². The van der Waals surface area contributed by atoms with Crippen LogP contribution in [0.4, 0.5) is 5.69 Å². The Morgan fingerprint density at radius 2 is 1.44 bits per heavy atom. The lowest BCUT2D eigenvalue weighted by atomic mass is 9.65. The maximum absolute atomic E-state index is 10.6. The summed E-state index contributed by atoms with van der Waals surface area (Å²) < 4.78 is 0. The highest BCUT2D eigenvalue weighted by Gasteiger charge is 2.34. The fourth-order valence-electron chi connectivity index (χ4n) is 1.43. The Morgan fingerprint density at radius 1 is 1.00 bits per heavy atom. The van der Waals surface area contributed by atoms with Crippen LogP contribution in [0.5, 0.6) is 0 Å². The Kier molecular flexibility index (Phi) is 3.08. The summed E-state index contributed by atoms with van der Waals surface area (Å²) in [5.74, 6) is 0. The zero-order chi connectivity index (χ0) is 12.6. The monoisotopic (exact) mass is 221 g/mol. The van der Waals surface area contributed by atoms with Crippen molar-refractivity contribution in [1.82, 2.24) is 0 Å². The lowest BCUT2D eigenvalue weighted by molar-refractivity contribution is -0.384. The summed E-state index contributed by atoms with van der Waals surface area (Å²) in [5.41, 5.74) is 1.38. The predicted octanol–water partition coefficient (Wildman–Crippen LogP) is 3.92. The van der Waals surface area contributed by atoms with Crippen LogP contribution in [-0.2, 0) is 5.41 Å². The van der Waals surface area contributed by atoms with E-state index in [1.807, 2.05) is 12.1 Å². The zero-order valence-corrected chi connectivity index (χ0v) is 10.6. The van der Waals surface area contributed by atoms with Crippen molar-refractivity contribution in [2.24, 2.45) is 5.41 Å². The summed E-state index contributed by atoms with van der Waals surface area (Å²) in [6, 6.07) is 6.85. The number of nitro groups is 1. The number of benzene rings is 1. The predicted molar refractivity (Wildman–Crippen MR) is 65.6 cm³/mol. The molecule has 0 amide bonds. The smallest absolute Gasteiger partial charge is 0.258 e. The van der Waals surface area contributed by atoms with E-state index in [0.717, 1.165) is 5.56 Å². The maximum atomic E-state index is 10.6. The fourth-order valence-corrected chi connectivity index (χ4v) is 1.43. The number of hydrogen-bond acceptors (Lipinski definition) is 2. The van der Waals surface area contributed by atoms with Gasteiger partial charge in [0.15, 0.2) is 0 Å². The van der Waals surface area contributed by atoms with Gasteiger partial charge in [-0.2, -0.15) is 0 Å². The molecule has 0 bridgehead atoms. The summed E-state index contributed by atoms with van der Waals surface area (Å²) in [4.78, 5) is 10.2. The molecule has 16 heavy (non-hydrogen) atoms. The Morgan fingerprint density at radius 3 is 1.75 bits per heavy atom. The summed E-state index contributed by atoms with van der Waals surface area (Å²) in [6.07, 6.45) is 0. The normalized spacial score (nSPS) is 12.6. The minimum atomic E-state index is -0.367. The first-order valence-electron chi connectivity index (χ1n) is 5.41. The summed E-state index contributed by atoms with van der Waals surface area (Å²) >= 11 is 0. The van der Waals surface area contributed by atoms with Gasteiger partial charge in [-0.05, 0) is 16.4 Å². The topological polar surface area (TPSA) is 43.1 Å². The fraction of sp³-hybridized carbons (Fsp3) is 0.538. The van der Waals surface area contributed by atoms with Gasteiger partial charge in [0.05, 0.1) is 4.92 Å². The summed E-state index contributed by atoms with van der Waals surface area (Å²) in [6.45, 7) is 10.8. The second-order valence-corrected chi connectivity index (χ2v) is 5.68. The van der Waals surface area contributed by atoms with Crippen LogP contribution in [0.1, 0.15) is 40.2 Å². The summed E-state index contributed by atoms with van der Waals surface area (Å²) in [7, 11) is 0. The van der Waals surface area contributed by atoms with Gasteiger partial charge in [0.2, 0.25) is 0 Å². The molecule has 0 saturated carbocycles. The molecule has 0 aliphatic carbocycles. The SMILES string of the molecule is CC(C)(C)C(C)(C)c1ccc([N+](=O)[O-])cc1. The Hall–Kier alpha value is -1.38. The second-order valence-electron chi connectivity index (χ2n) is 5.68. The van der Waals surface area contributed by atoms with E-state index in [-0.39, 0.29) is 21.4 Å². The van der Waals surface area contributed by atoms with Crippen molar-refractivity contribution in [1.29, 1.82) is 0 Å². The third-order valence-corrected chi connectivity index (χ3v) is 3.67. The molecular formula is C13H19NO2. The van der Waals surface area contributed by atoms with Gasteiger partial charge in [0.1, 0.15) is 0 Å². The van der Waals surface area contributed by atoms with Crippen molar-refractivity contribution in [2.75, 3.05) is 0 Å². The molecule has 0 N–H and O–H groups in total. The van der Waals surface area contributed by atoms with Crippen molar-refractivity contribution in [2.45, 2.75) is 40.0 Å². The molecule has 3 heteroatoms. The quantitative estimate of drug-likeness (QED) is 0.561. The van der Waals surface area contributed by atoms with Crippen LogP contribution >= 0.6 is 0 Å². The zero-order valence-electron chi connectivity index (χ0n) is 10.6. The first-order valence-corrected chi connectivity index (χ1v) is 5.41. The van der Waals surface area contributed by atoms with Gasteiger partial charge in [0.25, 0.3) is 5.69 Å². The van der Waals surface area contributed by atoms with Gasteiger partial charge < -0.3 is 0 Å². The molecule has 88 valence electrons. The largest absolute Gasteiger partial charge is 0.269 e. The van der Waals surface area contributed by atoms with Crippen LogP contribution in [0.2, 0.25) is 0 Å². The lowest BCUT2D eigenvalue weighted by Crippen LogP contribution is -2.33.